The molecular formula is C19H20FN5O3. The number of nitrogen functional groups attached to an aromatic ring is 1. The average molecular weight is 385 g/mol. The van der Waals surface area contributed by atoms with E-state index in [1.165, 1.54) is 12.1 Å². The minimum Gasteiger partial charge on any atom is -0.368 e. The number of rotatable bonds is 3. The minimum absolute atomic E-state index is 0.0377. The summed E-state index contributed by atoms with van der Waals surface area (Å²) in [6, 6.07) is 7.35. The van der Waals surface area contributed by atoms with E-state index in [0.29, 0.717) is 25.3 Å². The number of halogens is 1. The van der Waals surface area contributed by atoms with E-state index in [0.717, 1.165) is 5.56 Å². The standard InChI is InChI=1S/C19H20FN5O3/c1-11-6-14(23-19(21)22-11)18(27)24-8-15-16(9-24)28-10-17(26)25(15)7-12-2-4-13(20)5-3-12/h2-6,15-16H,7-10H2,1H3,(H2,21,22,23)/t15-,16-/m1/s1. The first-order valence-corrected chi connectivity index (χ1v) is 8.96. The highest BCUT2D eigenvalue weighted by atomic mass is 19.1. The third-order valence-electron chi connectivity index (χ3n) is 5.02. The van der Waals surface area contributed by atoms with Gasteiger partial charge in [-0.3, -0.25) is 9.59 Å². The van der Waals surface area contributed by atoms with Gasteiger partial charge in [0.05, 0.1) is 12.1 Å². The number of carbonyl (C=O) groups excluding carboxylic acids is 2. The van der Waals surface area contributed by atoms with Crippen LogP contribution in [0.5, 0.6) is 0 Å². The van der Waals surface area contributed by atoms with Gasteiger partial charge in [0, 0.05) is 25.3 Å². The third kappa shape index (κ3) is 3.53. The number of hydrogen-bond donors (Lipinski definition) is 1. The van der Waals surface area contributed by atoms with Gasteiger partial charge in [0.25, 0.3) is 5.91 Å². The van der Waals surface area contributed by atoms with Crippen molar-refractivity contribution in [3.05, 3.63) is 53.1 Å². The van der Waals surface area contributed by atoms with E-state index in [1.807, 2.05) is 0 Å². The summed E-state index contributed by atoms with van der Waals surface area (Å²) in [4.78, 5) is 36.6. The maximum Gasteiger partial charge on any atom is 0.272 e. The van der Waals surface area contributed by atoms with Gasteiger partial charge in [-0.2, -0.15) is 0 Å². The lowest BCUT2D eigenvalue weighted by Gasteiger charge is -2.36. The van der Waals surface area contributed by atoms with Crippen LogP contribution in [-0.2, 0) is 16.1 Å². The van der Waals surface area contributed by atoms with Crippen molar-refractivity contribution in [1.29, 1.82) is 0 Å². The predicted molar refractivity (Wildman–Crippen MR) is 97.6 cm³/mol. The van der Waals surface area contributed by atoms with Crippen LogP contribution in [0.3, 0.4) is 0 Å². The first-order valence-electron chi connectivity index (χ1n) is 8.96. The molecule has 146 valence electrons. The predicted octanol–water partition coefficient (Wildman–Crippen LogP) is 0.758. The minimum atomic E-state index is -0.327. The second-order valence-corrected chi connectivity index (χ2v) is 7.03. The van der Waals surface area contributed by atoms with Gasteiger partial charge in [-0.25, -0.2) is 14.4 Å². The number of fused-ring (bicyclic) bond motifs is 1. The maximum atomic E-state index is 13.2. The summed E-state index contributed by atoms with van der Waals surface area (Å²) in [6.45, 7) is 2.74. The lowest BCUT2D eigenvalue weighted by Crippen LogP contribution is -2.53. The highest BCUT2D eigenvalue weighted by Gasteiger charge is 2.44. The number of carbonyl (C=O) groups is 2. The molecule has 0 spiro atoms. The van der Waals surface area contributed by atoms with Gasteiger partial charge < -0.3 is 20.3 Å². The Labute approximate surface area is 161 Å². The lowest BCUT2D eigenvalue weighted by atomic mass is 10.1. The van der Waals surface area contributed by atoms with Crippen molar-refractivity contribution in [2.24, 2.45) is 0 Å². The zero-order chi connectivity index (χ0) is 19.8. The molecule has 0 radical (unpaired) electrons. The SMILES string of the molecule is Cc1cc(C(=O)N2C[C@@H]3[C@@H](C2)OCC(=O)N3Cc2ccc(F)cc2)nc(N)n1. The van der Waals surface area contributed by atoms with E-state index < -0.39 is 0 Å². The molecular weight excluding hydrogens is 365 g/mol. The second kappa shape index (κ2) is 7.16. The van der Waals surface area contributed by atoms with E-state index in [2.05, 4.69) is 9.97 Å². The fourth-order valence-corrected chi connectivity index (χ4v) is 3.69. The summed E-state index contributed by atoms with van der Waals surface area (Å²) >= 11 is 0. The maximum absolute atomic E-state index is 13.2. The van der Waals surface area contributed by atoms with E-state index in [1.54, 1.807) is 34.9 Å². The summed E-state index contributed by atoms with van der Waals surface area (Å²) < 4.78 is 18.8. The zero-order valence-corrected chi connectivity index (χ0v) is 15.3. The van der Waals surface area contributed by atoms with Crippen LogP contribution >= 0.6 is 0 Å². The molecule has 1 aromatic heterocycles. The molecule has 2 amide bonds. The van der Waals surface area contributed by atoms with Gasteiger partial charge in [0.15, 0.2) is 0 Å². The van der Waals surface area contributed by atoms with Crippen molar-refractivity contribution in [2.75, 3.05) is 25.4 Å². The number of morpholine rings is 1. The van der Waals surface area contributed by atoms with Crippen molar-refractivity contribution in [2.45, 2.75) is 25.6 Å². The molecule has 9 heteroatoms. The van der Waals surface area contributed by atoms with E-state index in [9.17, 15) is 14.0 Å². The lowest BCUT2D eigenvalue weighted by molar-refractivity contribution is -0.153. The second-order valence-electron chi connectivity index (χ2n) is 7.03. The Morgan fingerprint density at radius 2 is 2.04 bits per heavy atom. The van der Waals surface area contributed by atoms with Crippen LogP contribution in [0.4, 0.5) is 10.3 Å². The normalized spacial score (nSPS) is 21.7. The Balaban J connectivity index is 1.52. The first-order chi connectivity index (χ1) is 13.4. The van der Waals surface area contributed by atoms with Gasteiger partial charge in [-0.1, -0.05) is 12.1 Å². The Morgan fingerprint density at radius 3 is 2.75 bits per heavy atom. The number of likely N-dealkylation sites (tertiary alicyclic amines) is 1. The van der Waals surface area contributed by atoms with Gasteiger partial charge in [-0.05, 0) is 30.7 Å². The van der Waals surface area contributed by atoms with Crippen molar-refractivity contribution >= 4 is 17.8 Å². The molecule has 0 unspecified atom stereocenters. The fraction of sp³-hybridized carbons (Fsp3) is 0.368. The van der Waals surface area contributed by atoms with Crippen LogP contribution in [-0.4, -0.2) is 63.4 Å². The zero-order valence-electron chi connectivity index (χ0n) is 15.3. The number of hydrogen-bond acceptors (Lipinski definition) is 6. The topological polar surface area (TPSA) is 102 Å². The number of amides is 2. The molecule has 28 heavy (non-hydrogen) atoms. The van der Waals surface area contributed by atoms with Crippen LogP contribution in [0.1, 0.15) is 21.7 Å². The van der Waals surface area contributed by atoms with Gasteiger partial charge in [-0.15, -0.1) is 0 Å². The molecule has 1 aromatic carbocycles. The highest BCUT2D eigenvalue weighted by molar-refractivity contribution is 5.93. The van der Waals surface area contributed by atoms with Crippen LogP contribution < -0.4 is 5.73 Å². The van der Waals surface area contributed by atoms with Crippen LogP contribution in [0.25, 0.3) is 0 Å². The number of nitrogens with two attached hydrogens (primary N) is 1. The smallest absolute Gasteiger partial charge is 0.272 e. The van der Waals surface area contributed by atoms with Crippen LogP contribution in [0, 0.1) is 12.7 Å². The summed E-state index contributed by atoms with van der Waals surface area (Å²) in [7, 11) is 0. The number of aryl methyl sites for hydroxylation is 1. The number of anilines is 1. The van der Waals surface area contributed by atoms with E-state index in [4.69, 9.17) is 10.5 Å². The van der Waals surface area contributed by atoms with Crippen LogP contribution in [0.2, 0.25) is 0 Å². The molecule has 2 N–H and O–H groups in total. The summed E-state index contributed by atoms with van der Waals surface area (Å²) in [6.07, 6.45) is -0.276. The number of ether oxygens (including phenoxy) is 1. The molecule has 3 heterocycles. The summed E-state index contributed by atoms with van der Waals surface area (Å²) in [5.74, 6) is -0.706. The van der Waals surface area contributed by atoms with Gasteiger partial charge in [0.1, 0.15) is 18.1 Å². The molecule has 8 nitrogen and oxygen atoms in total. The molecule has 2 aromatic rings. The molecule has 0 saturated carbocycles. The number of nitrogens with zero attached hydrogens (tertiary/aromatic N) is 4. The Hall–Kier alpha value is -3.07. The first kappa shape index (κ1) is 18.3. The van der Waals surface area contributed by atoms with Crippen molar-refractivity contribution in [3.63, 3.8) is 0 Å². The molecule has 2 aliphatic rings. The average Bonchev–Trinajstić information content (AvgIpc) is 3.09. The van der Waals surface area contributed by atoms with E-state index >= 15 is 0 Å². The fourth-order valence-electron chi connectivity index (χ4n) is 3.69. The highest BCUT2D eigenvalue weighted by Crippen LogP contribution is 2.26. The summed E-state index contributed by atoms with van der Waals surface area (Å²) in [5.41, 5.74) is 7.30. The molecule has 2 aliphatic heterocycles. The van der Waals surface area contributed by atoms with E-state index in [-0.39, 0.29) is 48.0 Å². The quantitative estimate of drug-likeness (QED) is 0.837. The van der Waals surface area contributed by atoms with Gasteiger partial charge in [0.2, 0.25) is 11.9 Å². The molecule has 2 fully saturated rings. The van der Waals surface area contributed by atoms with Crippen molar-refractivity contribution < 1.29 is 18.7 Å². The third-order valence-corrected chi connectivity index (χ3v) is 5.02. The Bertz CT molecular complexity index is 900. The van der Waals surface area contributed by atoms with Crippen molar-refractivity contribution in [3.8, 4) is 0 Å². The van der Waals surface area contributed by atoms with Crippen molar-refractivity contribution in [1.82, 2.24) is 19.8 Å². The Kier molecular flexibility index (Phi) is 4.68. The molecule has 2 atom stereocenters. The van der Waals surface area contributed by atoms with Crippen LogP contribution in [0.15, 0.2) is 30.3 Å². The van der Waals surface area contributed by atoms with Gasteiger partial charge >= 0.3 is 0 Å². The summed E-state index contributed by atoms with van der Waals surface area (Å²) in [5, 5.41) is 0. The Morgan fingerprint density at radius 1 is 1.29 bits per heavy atom. The monoisotopic (exact) mass is 385 g/mol. The largest absolute Gasteiger partial charge is 0.368 e. The molecule has 0 aliphatic carbocycles. The molecule has 4 rings (SSSR count). The number of benzene rings is 1. The number of aromatic nitrogens is 2. The molecule has 0 bridgehead atoms. The molecule has 2 saturated heterocycles.